The largest absolute Gasteiger partial charge is 0.324 e. The third-order valence-electron chi connectivity index (χ3n) is 4.47. The fraction of sp³-hybridized carbons (Fsp3) is 0.0476. The van der Waals surface area contributed by atoms with Crippen LogP contribution < -0.4 is 15.4 Å². The summed E-state index contributed by atoms with van der Waals surface area (Å²) in [5.74, 6) is -1.33. The van der Waals surface area contributed by atoms with E-state index in [9.17, 15) is 22.4 Å². The Hall–Kier alpha value is -3.08. The number of hydrogen-bond donors (Lipinski definition) is 3. The second kappa shape index (κ2) is 8.81. The highest BCUT2D eigenvalue weighted by molar-refractivity contribution is 8.00. The van der Waals surface area contributed by atoms with Crippen molar-refractivity contribution in [3.05, 3.63) is 77.1 Å². The Morgan fingerprint density at radius 2 is 1.84 bits per heavy atom. The van der Waals surface area contributed by atoms with Crippen molar-refractivity contribution in [1.82, 2.24) is 0 Å². The van der Waals surface area contributed by atoms with Gasteiger partial charge in [0.2, 0.25) is 5.91 Å². The molecular weight excluding hydrogens is 477 g/mol. The van der Waals surface area contributed by atoms with Gasteiger partial charge in [0, 0.05) is 15.5 Å². The number of benzene rings is 3. The molecule has 1 aliphatic heterocycles. The first kappa shape index (κ1) is 22.1. The van der Waals surface area contributed by atoms with Gasteiger partial charge in [-0.2, -0.15) is 0 Å². The van der Waals surface area contributed by atoms with Crippen LogP contribution in [0.25, 0.3) is 0 Å². The number of hydrogen-bond acceptors (Lipinski definition) is 5. The molecule has 2 amide bonds. The summed E-state index contributed by atoms with van der Waals surface area (Å²) in [7, 11) is -4.27. The standard InChI is InChI=1S/C21H15ClFN3O4S2/c22-13-6-7-15(26-32(29,30)19-4-2-1-3-14(19)23)16(10-13)25-21(28)12-5-8-18-17(9-12)24-20(27)11-31-18/h1-10,26H,11H2,(H,24,27)(H,25,28). The smallest absolute Gasteiger partial charge is 0.264 e. The molecule has 0 radical (unpaired) electrons. The van der Waals surface area contributed by atoms with Crippen LogP contribution in [0.5, 0.6) is 0 Å². The van der Waals surface area contributed by atoms with E-state index >= 15 is 0 Å². The second-order valence-corrected chi connectivity index (χ2v) is 9.83. The molecule has 1 heterocycles. The fourth-order valence-corrected chi connectivity index (χ4v) is 5.11. The van der Waals surface area contributed by atoms with Crippen molar-refractivity contribution in [3.63, 3.8) is 0 Å². The third kappa shape index (κ3) is 4.72. The van der Waals surface area contributed by atoms with E-state index in [0.29, 0.717) is 11.4 Å². The van der Waals surface area contributed by atoms with Crippen molar-refractivity contribution >= 4 is 62.3 Å². The highest BCUT2D eigenvalue weighted by Crippen LogP contribution is 2.33. The normalized spacial score (nSPS) is 13.1. The number of halogens is 2. The molecule has 164 valence electrons. The van der Waals surface area contributed by atoms with E-state index in [1.165, 1.54) is 48.2 Å². The Kier molecular flexibility index (Phi) is 6.09. The number of rotatable bonds is 5. The minimum atomic E-state index is -4.27. The average Bonchev–Trinajstić information content (AvgIpc) is 2.75. The van der Waals surface area contributed by atoms with Crippen molar-refractivity contribution in [2.45, 2.75) is 9.79 Å². The molecule has 0 saturated heterocycles. The molecule has 0 atom stereocenters. The topological polar surface area (TPSA) is 104 Å². The van der Waals surface area contributed by atoms with E-state index in [1.807, 2.05) is 0 Å². The molecule has 0 aliphatic carbocycles. The van der Waals surface area contributed by atoms with Gasteiger partial charge in [-0.1, -0.05) is 23.7 Å². The number of anilines is 3. The van der Waals surface area contributed by atoms with E-state index in [2.05, 4.69) is 15.4 Å². The van der Waals surface area contributed by atoms with E-state index in [4.69, 9.17) is 11.6 Å². The lowest BCUT2D eigenvalue weighted by Crippen LogP contribution is -2.20. The molecule has 3 aromatic rings. The maximum Gasteiger partial charge on any atom is 0.264 e. The molecule has 3 N–H and O–H groups in total. The first-order valence-electron chi connectivity index (χ1n) is 9.18. The summed E-state index contributed by atoms with van der Waals surface area (Å²) in [5, 5.41) is 5.57. The zero-order valence-corrected chi connectivity index (χ0v) is 18.6. The van der Waals surface area contributed by atoms with Crippen LogP contribution in [0, 0.1) is 5.82 Å². The average molecular weight is 492 g/mol. The van der Waals surface area contributed by atoms with Gasteiger partial charge >= 0.3 is 0 Å². The molecule has 0 bridgehead atoms. The Labute approximate surface area is 192 Å². The molecule has 0 spiro atoms. The first-order valence-corrected chi connectivity index (χ1v) is 12.0. The summed E-state index contributed by atoms with van der Waals surface area (Å²) in [4.78, 5) is 24.7. The number of carbonyl (C=O) groups excluding carboxylic acids is 2. The Morgan fingerprint density at radius 3 is 2.62 bits per heavy atom. The van der Waals surface area contributed by atoms with Gasteiger partial charge in [0.1, 0.15) is 10.7 Å². The lowest BCUT2D eigenvalue weighted by molar-refractivity contribution is -0.113. The number of amides is 2. The number of sulfonamides is 1. The Bertz CT molecular complexity index is 1350. The molecule has 0 saturated carbocycles. The van der Waals surface area contributed by atoms with Crippen LogP contribution in [0.15, 0.2) is 70.5 Å². The fourth-order valence-electron chi connectivity index (χ4n) is 2.99. The van der Waals surface area contributed by atoms with Gasteiger partial charge in [0.25, 0.3) is 15.9 Å². The highest BCUT2D eigenvalue weighted by Gasteiger charge is 2.22. The quantitative estimate of drug-likeness (QED) is 0.484. The summed E-state index contributed by atoms with van der Waals surface area (Å²) in [6.07, 6.45) is 0. The maximum absolute atomic E-state index is 14.0. The first-order chi connectivity index (χ1) is 15.2. The van der Waals surface area contributed by atoms with Crippen LogP contribution in [-0.2, 0) is 14.8 Å². The van der Waals surface area contributed by atoms with Crippen LogP contribution in [0.1, 0.15) is 10.4 Å². The number of nitrogens with one attached hydrogen (secondary N) is 3. The number of carbonyl (C=O) groups is 2. The number of thioether (sulfide) groups is 1. The van der Waals surface area contributed by atoms with Gasteiger partial charge in [0.05, 0.1) is 22.8 Å². The molecular formula is C21H15ClFN3O4S2. The SMILES string of the molecule is O=C1CSc2ccc(C(=O)Nc3cc(Cl)ccc3NS(=O)(=O)c3ccccc3F)cc2N1. The molecule has 11 heteroatoms. The summed E-state index contributed by atoms with van der Waals surface area (Å²) in [6.45, 7) is 0. The van der Waals surface area contributed by atoms with Crippen LogP contribution in [0.2, 0.25) is 5.02 Å². The lowest BCUT2D eigenvalue weighted by atomic mass is 10.1. The second-order valence-electron chi connectivity index (χ2n) is 6.73. The maximum atomic E-state index is 14.0. The molecule has 0 aromatic heterocycles. The van der Waals surface area contributed by atoms with E-state index in [0.717, 1.165) is 17.0 Å². The van der Waals surface area contributed by atoms with Gasteiger partial charge in [-0.15, -0.1) is 11.8 Å². The zero-order chi connectivity index (χ0) is 22.9. The minimum Gasteiger partial charge on any atom is -0.324 e. The van der Waals surface area contributed by atoms with Crippen LogP contribution >= 0.6 is 23.4 Å². The highest BCUT2D eigenvalue weighted by atomic mass is 35.5. The van der Waals surface area contributed by atoms with Gasteiger partial charge in [-0.25, -0.2) is 12.8 Å². The molecule has 32 heavy (non-hydrogen) atoms. The van der Waals surface area contributed by atoms with Gasteiger partial charge in [-0.05, 0) is 48.5 Å². The van der Waals surface area contributed by atoms with E-state index in [1.54, 1.807) is 12.1 Å². The summed E-state index contributed by atoms with van der Waals surface area (Å²) in [5.41, 5.74) is 0.853. The van der Waals surface area contributed by atoms with Crippen molar-refractivity contribution in [2.75, 3.05) is 21.1 Å². The minimum absolute atomic E-state index is 0.00724. The lowest BCUT2D eigenvalue weighted by Gasteiger charge is -2.17. The molecule has 0 fully saturated rings. The van der Waals surface area contributed by atoms with Gasteiger partial charge in [-0.3, -0.25) is 14.3 Å². The third-order valence-corrected chi connectivity index (χ3v) is 7.18. The summed E-state index contributed by atoms with van der Waals surface area (Å²) < 4.78 is 41.6. The monoisotopic (exact) mass is 491 g/mol. The molecule has 3 aromatic carbocycles. The van der Waals surface area contributed by atoms with E-state index in [-0.39, 0.29) is 27.9 Å². The van der Waals surface area contributed by atoms with Crippen LogP contribution in [0.3, 0.4) is 0 Å². The predicted octanol–water partition coefficient (Wildman–Crippen LogP) is 4.58. The van der Waals surface area contributed by atoms with E-state index < -0.39 is 26.6 Å². The van der Waals surface area contributed by atoms with Crippen molar-refractivity contribution in [3.8, 4) is 0 Å². The molecule has 0 unspecified atom stereocenters. The van der Waals surface area contributed by atoms with Crippen LogP contribution in [0.4, 0.5) is 21.5 Å². The molecule has 4 rings (SSSR count). The zero-order valence-electron chi connectivity index (χ0n) is 16.2. The summed E-state index contributed by atoms with van der Waals surface area (Å²) >= 11 is 7.39. The van der Waals surface area contributed by atoms with Crippen LogP contribution in [-0.4, -0.2) is 26.0 Å². The van der Waals surface area contributed by atoms with Crippen molar-refractivity contribution in [1.29, 1.82) is 0 Å². The molecule has 7 nitrogen and oxygen atoms in total. The summed E-state index contributed by atoms with van der Waals surface area (Å²) in [6, 6.07) is 13.9. The Morgan fingerprint density at radius 1 is 1.06 bits per heavy atom. The Balaban J connectivity index is 1.62. The predicted molar refractivity (Wildman–Crippen MR) is 122 cm³/mol. The van der Waals surface area contributed by atoms with Crippen molar-refractivity contribution in [2.24, 2.45) is 0 Å². The number of fused-ring (bicyclic) bond motifs is 1. The van der Waals surface area contributed by atoms with Gasteiger partial charge in [0.15, 0.2) is 0 Å². The van der Waals surface area contributed by atoms with Gasteiger partial charge < -0.3 is 10.6 Å². The molecule has 1 aliphatic rings. The van der Waals surface area contributed by atoms with Crippen molar-refractivity contribution < 1.29 is 22.4 Å².